The molecule has 1 rings (SSSR count). The van der Waals surface area contributed by atoms with Gasteiger partial charge in [0.1, 0.15) is 0 Å². The lowest BCUT2D eigenvalue weighted by Gasteiger charge is -2.06. The number of rotatable bonds is 7. The van der Waals surface area contributed by atoms with Gasteiger partial charge in [0.05, 0.1) is 11.5 Å². The van der Waals surface area contributed by atoms with Crippen LogP contribution in [0.4, 0.5) is 0 Å². The summed E-state index contributed by atoms with van der Waals surface area (Å²) in [6.45, 7) is 3.98. The maximum Gasteiger partial charge on any atom is 0.154 e. The molecule has 0 saturated heterocycles. The van der Waals surface area contributed by atoms with Gasteiger partial charge in [-0.05, 0) is 32.3 Å². The molecule has 0 radical (unpaired) electrons. The van der Waals surface area contributed by atoms with Crippen molar-refractivity contribution in [3.8, 4) is 0 Å². The summed E-state index contributed by atoms with van der Waals surface area (Å²) in [5.74, 6) is 1.02. The average molecular weight is 289 g/mol. The lowest BCUT2D eigenvalue weighted by molar-refractivity contribution is 0.590. The summed E-state index contributed by atoms with van der Waals surface area (Å²) in [7, 11) is -2.99. The first-order chi connectivity index (χ1) is 8.43. The van der Waals surface area contributed by atoms with E-state index in [0.717, 1.165) is 29.5 Å². The Labute approximate surface area is 115 Å². The first-order valence-corrected chi connectivity index (χ1v) is 8.62. The Kier molecular flexibility index (Phi) is 6.16. The maximum absolute atomic E-state index is 12.0. The summed E-state index contributed by atoms with van der Waals surface area (Å²) in [6.07, 6.45) is 2.48. The zero-order valence-corrected chi connectivity index (χ0v) is 12.6. The van der Waals surface area contributed by atoms with Gasteiger partial charge in [-0.15, -0.1) is 11.6 Å². The van der Waals surface area contributed by atoms with Gasteiger partial charge in [0.25, 0.3) is 0 Å². The molecule has 0 aliphatic heterocycles. The molecule has 0 fully saturated rings. The first-order valence-electron chi connectivity index (χ1n) is 6.26. The second-order valence-corrected chi connectivity index (χ2v) is 7.40. The van der Waals surface area contributed by atoms with Gasteiger partial charge in [0, 0.05) is 5.88 Å². The zero-order chi connectivity index (χ0) is 13.6. The molecule has 0 aliphatic carbocycles. The Morgan fingerprint density at radius 1 is 1.00 bits per heavy atom. The zero-order valence-electron chi connectivity index (χ0n) is 11.1. The maximum atomic E-state index is 12.0. The fourth-order valence-electron chi connectivity index (χ4n) is 2.07. The van der Waals surface area contributed by atoms with Crippen molar-refractivity contribution in [1.29, 1.82) is 0 Å². The number of halogens is 1. The van der Waals surface area contributed by atoms with E-state index in [1.165, 1.54) is 0 Å². The summed E-state index contributed by atoms with van der Waals surface area (Å²) in [5.41, 5.74) is 3.12. The van der Waals surface area contributed by atoms with Crippen molar-refractivity contribution in [3.05, 3.63) is 34.9 Å². The van der Waals surface area contributed by atoms with E-state index in [-0.39, 0.29) is 11.5 Å². The molecule has 0 N–H and O–H groups in total. The van der Waals surface area contributed by atoms with Crippen LogP contribution in [-0.2, 0) is 15.6 Å². The van der Waals surface area contributed by atoms with E-state index in [1.54, 1.807) is 0 Å². The fourth-order valence-corrected chi connectivity index (χ4v) is 3.72. The third-order valence-electron chi connectivity index (χ3n) is 2.76. The van der Waals surface area contributed by atoms with Crippen LogP contribution in [0, 0.1) is 13.8 Å². The number of hydrogen-bond donors (Lipinski definition) is 0. The number of unbranched alkanes of at least 4 members (excludes halogenated alkanes) is 2. The molecule has 0 unspecified atom stereocenters. The molecule has 18 heavy (non-hydrogen) atoms. The van der Waals surface area contributed by atoms with E-state index in [4.69, 9.17) is 11.6 Å². The molecule has 4 heteroatoms. The van der Waals surface area contributed by atoms with Gasteiger partial charge in [-0.25, -0.2) is 8.42 Å². The highest BCUT2D eigenvalue weighted by Gasteiger charge is 2.12. The summed E-state index contributed by atoms with van der Waals surface area (Å²) < 4.78 is 23.9. The predicted octanol–water partition coefficient (Wildman–Crippen LogP) is 3.63. The number of benzene rings is 1. The lowest BCUT2D eigenvalue weighted by atomic mass is 10.1. The summed E-state index contributed by atoms with van der Waals surface area (Å²) >= 11 is 5.57. The molecule has 1 aromatic rings. The Balaban J connectivity index is 2.59. The quantitative estimate of drug-likeness (QED) is 0.567. The van der Waals surface area contributed by atoms with E-state index in [0.29, 0.717) is 12.3 Å². The topological polar surface area (TPSA) is 34.1 Å². The largest absolute Gasteiger partial charge is 0.228 e. The second-order valence-electron chi connectivity index (χ2n) is 4.84. The van der Waals surface area contributed by atoms with Crippen LogP contribution in [0.5, 0.6) is 0 Å². The molecular formula is C14H21ClO2S. The number of sulfone groups is 1. The summed E-state index contributed by atoms with van der Waals surface area (Å²) in [5, 5.41) is 0. The lowest BCUT2D eigenvalue weighted by Crippen LogP contribution is -2.09. The van der Waals surface area contributed by atoms with Crippen LogP contribution in [0.15, 0.2) is 18.2 Å². The SMILES string of the molecule is Cc1cc(C)cc(CS(=O)(=O)CCCCCCl)c1. The van der Waals surface area contributed by atoms with Crippen LogP contribution in [0.25, 0.3) is 0 Å². The summed E-state index contributed by atoms with van der Waals surface area (Å²) in [4.78, 5) is 0. The molecule has 102 valence electrons. The highest BCUT2D eigenvalue weighted by atomic mass is 35.5. The number of hydrogen-bond acceptors (Lipinski definition) is 2. The minimum atomic E-state index is -2.99. The smallest absolute Gasteiger partial charge is 0.154 e. The van der Waals surface area contributed by atoms with Gasteiger partial charge in [-0.3, -0.25) is 0 Å². The first kappa shape index (κ1) is 15.5. The standard InChI is InChI=1S/C14H21ClO2S/c1-12-8-13(2)10-14(9-12)11-18(16,17)7-5-3-4-6-15/h8-10H,3-7,11H2,1-2H3. The van der Waals surface area contributed by atoms with Crippen LogP contribution in [0.1, 0.15) is 36.0 Å². The highest BCUT2D eigenvalue weighted by Crippen LogP contribution is 2.13. The van der Waals surface area contributed by atoms with E-state index >= 15 is 0 Å². The molecule has 0 aromatic heterocycles. The highest BCUT2D eigenvalue weighted by molar-refractivity contribution is 7.90. The van der Waals surface area contributed by atoms with Gasteiger partial charge in [-0.1, -0.05) is 35.7 Å². The molecular weight excluding hydrogens is 268 g/mol. The van der Waals surface area contributed by atoms with Crippen molar-refractivity contribution in [3.63, 3.8) is 0 Å². The number of aryl methyl sites for hydroxylation is 2. The van der Waals surface area contributed by atoms with Crippen molar-refractivity contribution in [2.75, 3.05) is 11.6 Å². The second kappa shape index (κ2) is 7.15. The van der Waals surface area contributed by atoms with Crippen LogP contribution in [0.3, 0.4) is 0 Å². The van der Waals surface area contributed by atoms with Crippen LogP contribution < -0.4 is 0 Å². The molecule has 0 saturated carbocycles. The molecule has 0 atom stereocenters. The van der Waals surface area contributed by atoms with Crippen LogP contribution >= 0.6 is 11.6 Å². The normalized spacial score (nSPS) is 11.7. The third-order valence-corrected chi connectivity index (χ3v) is 4.71. The minimum Gasteiger partial charge on any atom is -0.228 e. The average Bonchev–Trinajstić information content (AvgIpc) is 2.22. The van der Waals surface area contributed by atoms with E-state index in [2.05, 4.69) is 6.07 Å². The number of alkyl halides is 1. The molecule has 2 nitrogen and oxygen atoms in total. The molecule has 1 aromatic carbocycles. The van der Waals surface area contributed by atoms with Crippen molar-refractivity contribution >= 4 is 21.4 Å². The molecule has 0 bridgehead atoms. The van der Waals surface area contributed by atoms with Gasteiger partial charge in [0.15, 0.2) is 9.84 Å². The van der Waals surface area contributed by atoms with Gasteiger partial charge < -0.3 is 0 Å². The van der Waals surface area contributed by atoms with Crippen LogP contribution in [-0.4, -0.2) is 20.1 Å². The predicted molar refractivity (Wildman–Crippen MR) is 78.0 cm³/mol. The van der Waals surface area contributed by atoms with E-state index in [1.807, 2.05) is 26.0 Å². The van der Waals surface area contributed by atoms with Crippen LogP contribution in [0.2, 0.25) is 0 Å². The molecule has 0 aliphatic rings. The monoisotopic (exact) mass is 288 g/mol. The Bertz CT molecular complexity index is 460. The fraction of sp³-hybridized carbons (Fsp3) is 0.571. The van der Waals surface area contributed by atoms with Gasteiger partial charge in [0.2, 0.25) is 0 Å². The Hall–Kier alpha value is -0.540. The Morgan fingerprint density at radius 2 is 1.61 bits per heavy atom. The van der Waals surface area contributed by atoms with Crippen molar-refractivity contribution < 1.29 is 8.42 Å². The minimum absolute atomic E-state index is 0.149. The Morgan fingerprint density at radius 3 is 2.17 bits per heavy atom. The van der Waals surface area contributed by atoms with Gasteiger partial charge >= 0.3 is 0 Å². The van der Waals surface area contributed by atoms with Crippen molar-refractivity contribution in [2.24, 2.45) is 0 Å². The van der Waals surface area contributed by atoms with E-state index < -0.39 is 9.84 Å². The molecule has 0 spiro atoms. The molecule has 0 amide bonds. The third kappa shape index (κ3) is 5.87. The van der Waals surface area contributed by atoms with Crippen molar-refractivity contribution in [1.82, 2.24) is 0 Å². The van der Waals surface area contributed by atoms with Gasteiger partial charge in [-0.2, -0.15) is 0 Å². The van der Waals surface area contributed by atoms with E-state index in [9.17, 15) is 8.42 Å². The summed E-state index contributed by atoms with van der Waals surface area (Å²) in [6, 6.07) is 5.95. The van der Waals surface area contributed by atoms with Crippen molar-refractivity contribution in [2.45, 2.75) is 38.9 Å². The molecule has 0 heterocycles.